The van der Waals surface area contributed by atoms with Crippen molar-refractivity contribution in [3.63, 3.8) is 0 Å². The number of imidazole rings is 1. The number of anilines is 1. The first-order chi connectivity index (χ1) is 14.4. The molecule has 160 valence electrons. The van der Waals surface area contributed by atoms with Crippen LogP contribution in [0.3, 0.4) is 0 Å². The average molecular weight is 449 g/mol. The highest BCUT2D eigenvalue weighted by atomic mass is 32.2. The van der Waals surface area contributed by atoms with Crippen LogP contribution in [-0.4, -0.2) is 50.4 Å². The molecule has 3 rings (SSSR count). The van der Waals surface area contributed by atoms with Gasteiger partial charge in [-0.3, -0.25) is 4.79 Å². The van der Waals surface area contributed by atoms with Gasteiger partial charge in [0.15, 0.2) is 5.16 Å². The van der Waals surface area contributed by atoms with Crippen LogP contribution in [0.1, 0.15) is 5.56 Å². The summed E-state index contributed by atoms with van der Waals surface area (Å²) in [5.74, 6) is -0.111. The molecule has 30 heavy (non-hydrogen) atoms. The van der Waals surface area contributed by atoms with Crippen LogP contribution in [0.25, 0.3) is 11.0 Å². The standard InChI is InChI=1S/C20H24N4O4S2/c1-14-8-9-15(12-18(14)30(26,27)21-2)22-19(25)13-29-20-23-16-6-4-5-7-17(16)24(20)10-11-28-3/h4-9,12,21H,10-11,13H2,1-3H3,(H,22,25). The molecule has 2 aromatic carbocycles. The third-order valence-corrected chi connectivity index (χ3v) is 7.03. The van der Waals surface area contributed by atoms with E-state index in [0.717, 1.165) is 16.2 Å². The molecular formula is C20H24N4O4S2. The fourth-order valence-corrected chi connectivity index (χ4v) is 4.80. The van der Waals surface area contributed by atoms with Crippen LogP contribution >= 0.6 is 11.8 Å². The number of nitrogens with one attached hydrogen (secondary N) is 2. The molecule has 0 aliphatic rings. The van der Waals surface area contributed by atoms with Gasteiger partial charge in [0, 0.05) is 19.3 Å². The Bertz CT molecular complexity index is 1160. The lowest BCUT2D eigenvalue weighted by Gasteiger charge is -2.11. The van der Waals surface area contributed by atoms with Gasteiger partial charge in [0.1, 0.15) is 0 Å². The lowest BCUT2D eigenvalue weighted by atomic mass is 10.2. The van der Waals surface area contributed by atoms with Crippen LogP contribution in [0.4, 0.5) is 5.69 Å². The number of nitrogens with zero attached hydrogens (tertiary/aromatic N) is 2. The highest BCUT2D eigenvalue weighted by molar-refractivity contribution is 7.99. The number of hydrogen-bond acceptors (Lipinski definition) is 6. The highest BCUT2D eigenvalue weighted by Crippen LogP contribution is 2.25. The molecule has 8 nitrogen and oxygen atoms in total. The van der Waals surface area contributed by atoms with Gasteiger partial charge in [0.05, 0.1) is 28.3 Å². The van der Waals surface area contributed by atoms with Crippen molar-refractivity contribution in [2.45, 2.75) is 23.5 Å². The molecule has 10 heteroatoms. The van der Waals surface area contributed by atoms with E-state index in [1.165, 1.54) is 24.9 Å². The number of carbonyl (C=O) groups is 1. The summed E-state index contributed by atoms with van der Waals surface area (Å²) in [6, 6.07) is 12.6. The first-order valence-electron chi connectivity index (χ1n) is 9.27. The van der Waals surface area contributed by atoms with Crippen LogP contribution in [0.5, 0.6) is 0 Å². The Morgan fingerprint density at radius 1 is 1.23 bits per heavy atom. The van der Waals surface area contributed by atoms with Crippen LogP contribution in [0, 0.1) is 6.92 Å². The summed E-state index contributed by atoms with van der Waals surface area (Å²) in [6.07, 6.45) is 0. The Kier molecular flexibility index (Phi) is 7.14. The molecule has 0 saturated heterocycles. The summed E-state index contributed by atoms with van der Waals surface area (Å²) in [7, 11) is -0.608. The third-order valence-electron chi connectivity index (χ3n) is 4.50. The van der Waals surface area contributed by atoms with Crippen molar-refractivity contribution in [3.8, 4) is 0 Å². The molecule has 0 saturated carbocycles. The topological polar surface area (TPSA) is 102 Å². The maximum atomic E-state index is 12.5. The summed E-state index contributed by atoms with van der Waals surface area (Å²) in [6.45, 7) is 2.87. The summed E-state index contributed by atoms with van der Waals surface area (Å²) >= 11 is 1.32. The van der Waals surface area contributed by atoms with Gasteiger partial charge < -0.3 is 14.6 Å². The minimum absolute atomic E-state index is 0.136. The van der Waals surface area contributed by atoms with E-state index in [1.54, 1.807) is 26.2 Å². The molecule has 0 radical (unpaired) electrons. The number of fused-ring (bicyclic) bond motifs is 1. The van der Waals surface area contributed by atoms with E-state index in [0.29, 0.717) is 24.4 Å². The molecule has 0 aliphatic carbocycles. The van der Waals surface area contributed by atoms with Crippen molar-refractivity contribution in [3.05, 3.63) is 48.0 Å². The van der Waals surface area contributed by atoms with Gasteiger partial charge in [0.25, 0.3) is 0 Å². The zero-order chi connectivity index (χ0) is 21.7. The van der Waals surface area contributed by atoms with E-state index in [2.05, 4.69) is 15.0 Å². The van der Waals surface area contributed by atoms with Gasteiger partial charge in [-0.2, -0.15) is 0 Å². The minimum Gasteiger partial charge on any atom is -0.383 e. The van der Waals surface area contributed by atoms with E-state index in [9.17, 15) is 13.2 Å². The van der Waals surface area contributed by atoms with Crippen LogP contribution in [-0.2, 0) is 26.1 Å². The molecule has 1 heterocycles. The van der Waals surface area contributed by atoms with E-state index in [4.69, 9.17) is 4.74 Å². The lowest BCUT2D eigenvalue weighted by Crippen LogP contribution is -2.20. The van der Waals surface area contributed by atoms with E-state index < -0.39 is 10.0 Å². The Balaban J connectivity index is 1.73. The number of thioether (sulfide) groups is 1. The molecule has 3 aromatic rings. The van der Waals surface area contributed by atoms with Crippen molar-refractivity contribution in [1.82, 2.24) is 14.3 Å². The van der Waals surface area contributed by atoms with Crippen LogP contribution < -0.4 is 10.0 Å². The molecule has 1 amide bonds. The van der Waals surface area contributed by atoms with Gasteiger partial charge >= 0.3 is 0 Å². The zero-order valence-electron chi connectivity index (χ0n) is 17.0. The Hall–Kier alpha value is -2.40. The third kappa shape index (κ3) is 5.01. The molecule has 0 fully saturated rings. The van der Waals surface area contributed by atoms with E-state index in [-0.39, 0.29) is 16.6 Å². The highest BCUT2D eigenvalue weighted by Gasteiger charge is 2.17. The van der Waals surface area contributed by atoms with Crippen molar-refractivity contribution in [1.29, 1.82) is 0 Å². The van der Waals surface area contributed by atoms with Crippen LogP contribution in [0.2, 0.25) is 0 Å². The number of methoxy groups -OCH3 is 1. The minimum atomic E-state index is -3.60. The molecule has 0 aliphatic heterocycles. The SMILES string of the molecule is CNS(=O)(=O)c1cc(NC(=O)CSc2nc3ccccc3n2CCOC)ccc1C. The quantitative estimate of drug-likeness (QED) is 0.488. The number of carbonyl (C=O) groups excluding carboxylic acids is 1. The van der Waals surface area contributed by atoms with E-state index >= 15 is 0 Å². The van der Waals surface area contributed by atoms with Crippen molar-refractivity contribution < 1.29 is 17.9 Å². The molecule has 0 unspecified atom stereocenters. The fraction of sp³-hybridized carbons (Fsp3) is 0.300. The zero-order valence-corrected chi connectivity index (χ0v) is 18.6. The van der Waals surface area contributed by atoms with Crippen molar-refractivity contribution in [2.24, 2.45) is 0 Å². The van der Waals surface area contributed by atoms with Gasteiger partial charge in [0.2, 0.25) is 15.9 Å². The second-order valence-corrected chi connectivity index (χ2v) is 9.35. The summed E-state index contributed by atoms with van der Waals surface area (Å²) in [5.41, 5.74) is 2.87. The average Bonchev–Trinajstić information content (AvgIpc) is 3.09. The molecule has 0 atom stereocenters. The number of benzene rings is 2. The summed E-state index contributed by atoms with van der Waals surface area (Å²) < 4.78 is 33.8. The van der Waals surface area contributed by atoms with Gasteiger partial charge in [-0.1, -0.05) is 30.0 Å². The van der Waals surface area contributed by atoms with Crippen LogP contribution in [0.15, 0.2) is 52.5 Å². The maximum Gasteiger partial charge on any atom is 0.240 e. The molecule has 0 spiro atoms. The second-order valence-electron chi connectivity index (χ2n) is 6.55. The Morgan fingerprint density at radius 2 is 2.00 bits per heavy atom. The molecular weight excluding hydrogens is 424 g/mol. The normalized spacial score (nSPS) is 11.7. The number of hydrogen-bond donors (Lipinski definition) is 2. The first-order valence-corrected chi connectivity index (χ1v) is 11.7. The predicted molar refractivity (Wildman–Crippen MR) is 118 cm³/mol. The molecule has 2 N–H and O–H groups in total. The molecule has 0 bridgehead atoms. The second kappa shape index (κ2) is 9.61. The largest absolute Gasteiger partial charge is 0.383 e. The lowest BCUT2D eigenvalue weighted by molar-refractivity contribution is -0.113. The number of rotatable bonds is 9. The maximum absolute atomic E-state index is 12.5. The number of ether oxygens (including phenoxy) is 1. The monoisotopic (exact) mass is 448 g/mol. The first kappa shape index (κ1) is 22.3. The van der Waals surface area contributed by atoms with Crippen molar-refractivity contribution in [2.75, 3.05) is 31.8 Å². The van der Waals surface area contributed by atoms with Gasteiger partial charge in [-0.25, -0.2) is 18.1 Å². The predicted octanol–water partition coefficient (Wildman–Crippen LogP) is 2.63. The molecule has 1 aromatic heterocycles. The number of aromatic nitrogens is 2. The van der Waals surface area contributed by atoms with Crippen molar-refractivity contribution >= 4 is 44.4 Å². The van der Waals surface area contributed by atoms with Gasteiger partial charge in [-0.15, -0.1) is 0 Å². The summed E-state index contributed by atoms with van der Waals surface area (Å²) in [4.78, 5) is 17.2. The summed E-state index contributed by atoms with van der Waals surface area (Å²) in [5, 5.41) is 3.49. The number of sulfonamides is 1. The number of para-hydroxylation sites is 2. The fourth-order valence-electron chi connectivity index (χ4n) is 2.97. The Labute approximate surface area is 180 Å². The smallest absolute Gasteiger partial charge is 0.240 e. The number of amides is 1. The van der Waals surface area contributed by atoms with E-state index in [1.807, 2.05) is 28.8 Å². The number of aryl methyl sites for hydroxylation is 1. The van der Waals surface area contributed by atoms with Gasteiger partial charge in [-0.05, 0) is 43.8 Å². The Morgan fingerprint density at radius 3 is 2.73 bits per heavy atom.